The molecule has 3 aromatic rings. The molecule has 28 heavy (non-hydrogen) atoms. The molecule has 0 saturated heterocycles. The van der Waals surface area contributed by atoms with Crippen molar-refractivity contribution in [3.05, 3.63) is 77.9 Å². The Balaban J connectivity index is 1.53. The number of carbonyl (C=O) groups excluding carboxylic acids is 2. The topological polar surface area (TPSA) is 72.2 Å². The summed E-state index contributed by atoms with van der Waals surface area (Å²) in [6.45, 7) is 4.11. The number of hydrogen-bond donors (Lipinski definition) is 1. The van der Waals surface area contributed by atoms with Gasteiger partial charge in [-0.2, -0.15) is 5.10 Å². The first-order valence-electron chi connectivity index (χ1n) is 9.47. The molecule has 0 radical (unpaired) electrons. The largest absolute Gasteiger partial charge is 0.349 e. The molecule has 0 saturated carbocycles. The number of nitrogens with one attached hydrogen (secondary N) is 1. The molecule has 0 bridgehead atoms. The Labute approximate surface area is 163 Å². The van der Waals surface area contributed by atoms with Gasteiger partial charge < -0.3 is 14.8 Å². The zero-order valence-electron chi connectivity index (χ0n) is 15.8. The number of amides is 2. The summed E-state index contributed by atoms with van der Waals surface area (Å²) in [6, 6.07) is 15.2. The summed E-state index contributed by atoms with van der Waals surface area (Å²) in [5.41, 5.74) is 2.28. The predicted octanol–water partition coefficient (Wildman–Crippen LogP) is 2.16. The maximum atomic E-state index is 13.0. The van der Waals surface area contributed by atoms with Gasteiger partial charge >= 0.3 is 0 Å². The molecule has 1 aromatic carbocycles. The number of aromatic nitrogens is 3. The van der Waals surface area contributed by atoms with E-state index in [4.69, 9.17) is 0 Å². The second kappa shape index (κ2) is 7.72. The molecule has 0 aliphatic carbocycles. The highest BCUT2D eigenvalue weighted by Crippen LogP contribution is 2.21. The molecule has 1 atom stereocenters. The van der Waals surface area contributed by atoms with Crippen molar-refractivity contribution in [1.29, 1.82) is 0 Å². The molecule has 2 amide bonds. The average Bonchev–Trinajstić information content (AvgIpc) is 3.38. The van der Waals surface area contributed by atoms with E-state index in [0.29, 0.717) is 37.6 Å². The van der Waals surface area contributed by atoms with E-state index < -0.39 is 0 Å². The maximum Gasteiger partial charge on any atom is 0.271 e. The lowest BCUT2D eigenvalue weighted by Crippen LogP contribution is -2.52. The lowest BCUT2D eigenvalue weighted by Gasteiger charge is -2.37. The van der Waals surface area contributed by atoms with E-state index in [1.807, 2.05) is 65.1 Å². The zero-order valence-corrected chi connectivity index (χ0v) is 15.8. The quantitative estimate of drug-likeness (QED) is 0.716. The number of aryl methyl sites for hydroxylation is 1. The second-order valence-corrected chi connectivity index (χ2v) is 6.86. The highest BCUT2D eigenvalue weighted by Gasteiger charge is 2.32. The third kappa shape index (κ3) is 3.43. The van der Waals surface area contributed by atoms with Crippen molar-refractivity contribution in [1.82, 2.24) is 24.6 Å². The predicted molar refractivity (Wildman–Crippen MR) is 105 cm³/mol. The first kappa shape index (κ1) is 18.0. The fraction of sp³-hybridized carbons (Fsp3) is 0.286. The third-order valence-corrected chi connectivity index (χ3v) is 5.10. The maximum absolute atomic E-state index is 13.0. The van der Waals surface area contributed by atoms with Gasteiger partial charge in [0.15, 0.2) is 0 Å². The molecule has 1 N–H and O–H groups in total. The van der Waals surface area contributed by atoms with Crippen molar-refractivity contribution in [2.75, 3.05) is 6.54 Å². The lowest BCUT2D eigenvalue weighted by molar-refractivity contribution is 0.0562. The molecular weight excluding hydrogens is 354 g/mol. The Morgan fingerprint density at radius 1 is 1.18 bits per heavy atom. The Hall–Kier alpha value is -3.35. The molecule has 0 spiro atoms. The van der Waals surface area contributed by atoms with Crippen molar-refractivity contribution in [2.24, 2.45) is 0 Å². The van der Waals surface area contributed by atoms with Crippen molar-refractivity contribution < 1.29 is 9.59 Å². The van der Waals surface area contributed by atoms with Crippen LogP contribution < -0.4 is 5.32 Å². The normalized spacial score (nSPS) is 16.1. The van der Waals surface area contributed by atoms with Gasteiger partial charge in [-0.15, -0.1) is 0 Å². The first-order chi connectivity index (χ1) is 13.7. The van der Waals surface area contributed by atoms with E-state index in [9.17, 15) is 9.59 Å². The molecule has 7 heteroatoms. The number of fused-ring (bicyclic) bond motifs is 1. The molecule has 1 aliphatic heterocycles. The van der Waals surface area contributed by atoms with Crippen LogP contribution in [0.3, 0.4) is 0 Å². The zero-order chi connectivity index (χ0) is 19.5. The average molecular weight is 377 g/mol. The fourth-order valence-corrected chi connectivity index (χ4v) is 3.64. The van der Waals surface area contributed by atoms with Gasteiger partial charge in [-0.05, 0) is 30.7 Å². The van der Waals surface area contributed by atoms with E-state index in [2.05, 4.69) is 10.4 Å². The van der Waals surface area contributed by atoms with Crippen LogP contribution >= 0.6 is 0 Å². The molecular formula is C21H23N5O2. The summed E-state index contributed by atoms with van der Waals surface area (Å²) < 4.78 is 3.62. The van der Waals surface area contributed by atoms with Gasteiger partial charge in [0.25, 0.3) is 11.8 Å². The van der Waals surface area contributed by atoms with Gasteiger partial charge in [0.05, 0.1) is 6.04 Å². The minimum Gasteiger partial charge on any atom is -0.349 e. The van der Waals surface area contributed by atoms with Crippen LogP contribution in [0.25, 0.3) is 0 Å². The molecule has 4 rings (SSSR count). The van der Waals surface area contributed by atoms with Crippen molar-refractivity contribution in [2.45, 2.75) is 32.6 Å². The summed E-state index contributed by atoms with van der Waals surface area (Å²) in [6.07, 6.45) is 3.53. The highest BCUT2D eigenvalue weighted by atomic mass is 16.2. The molecule has 1 unspecified atom stereocenters. The van der Waals surface area contributed by atoms with Crippen LogP contribution in [-0.4, -0.2) is 43.6 Å². The van der Waals surface area contributed by atoms with Crippen molar-refractivity contribution in [3.63, 3.8) is 0 Å². The van der Waals surface area contributed by atoms with Crippen LogP contribution in [-0.2, 0) is 19.6 Å². The van der Waals surface area contributed by atoms with Gasteiger partial charge in [0, 0.05) is 38.6 Å². The SMILES string of the molecule is CCn1nccc1C(=O)NCC1Cn2cccc2C(=O)N1Cc1ccccc1. The van der Waals surface area contributed by atoms with Crippen LogP contribution in [0, 0.1) is 0 Å². The Morgan fingerprint density at radius 2 is 2.00 bits per heavy atom. The van der Waals surface area contributed by atoms with Gasteiger partial charge in [-0.1, -0.05) is 30.3 Å². The third-order valence-electron chi connectivity index (χ3n) is 5.10. The molecule has 3 heterocycles. The monoisotopic (exact) mass is 377 g/mol. The first-order valence-corrected chi connectivity index (χ1v) is 9.47. The van der Waals surface area contributed by atoms with Crippen LogP contribution in [0.5, 0.6) is 0 Å². The second-order valence-electron chi connectivity index (χ2n) is 6.86. The Kier molecular flexibility index (Phi) is 4.97. The highest BCUT2D eigenvalue weighted by molar-refractivity contribution is 5.94. The fourth-order valence-electron chi connectivity index (χ4n) is 3.64. The van der Waals surface area contributed by atoms with Crippen molar-refractivity contribution >= 4 is 11.8 Å². The molecule has 2 aromatic heterocycles. The number of rotatable bonds is 6. The van der Waals surface area contributed by atoms with Crippen LogP contribution in [0.1, 0.15) is 33.5 Å². The Morgan fingerprint density at radius 3 is 2.79 bits per heavy atom. The van der Waals surface area contributed by atoms with E-state index in [1.54, 1.807) is 16.9 Å². The molecule has 144 valence electrons. The van der Waals surface area contributed by atoms with E-state index in [0.717, 1.165) is 5.56 Å². The minimum absolute atomic E-state index is 0.0158. The molecule has 0 fully saturated rings. The van der Waals surface area contributed by atoms with E-state index in [1.165, 1.54) is 0 Å². The molecule has 1 aliphatic rings. The van der Waals surface area contributed by atoms with Crippen LogP contribution in [0.2, 0.25) is 0 Å². The summed E-state index contributed by atoms with van der Waals surface area (Å²) in [7, 11) is 0. The van der Waals surface area contributed by atoms with Crippen LogP contribution in [0.15, 0.2) is 60.9 Å². The van der Waals surface area contributed by atoms with Gasteiger partial charge in [-0.25, -0.2) is 0 Å². The number of nitrogens with zero attached hydrogens (tertiary/aromatic N) is 4. The lowest BCUT2D eigenvalue weighted by atomic mass is 10.1. The van der Waals surface area contributed by atoms with Gasteiger partial charge in [0.1, 0.15) is 11.4 Å². The van der Waals surface area contributed by atoms with Gasteiger partial charge in [-0.3, -0.25) is 14.3 Å². The summed E-state index contributed by atoms with van der Waals surface area (Å²) >= 11 is 0. The van der Waals surface area contributed by atoms with E-state index in [-0.39, 0.29) is 17.9 Å². The van der Waals surface area contributed by atoms with E-state index >= 15 is 0 Å². The number of carbonyl (C=O) groups is 2. The number of hydrogen-bond acceptors (Lipinski definition) is 3. The summed E-state index contributed by atoms with van der Waals surface area (Å²) in [5, 5.41) is 7.13. The smallest absolute Gasteiger partial charge is 0.271 e. The Bertz CT molecular complexity index is 976. The summed E-state index contributed by atoms with van der Waals surface area (Å²) in [5.74, 6) is -0.192. The number of benzene rings is 1. The summed E-state index contributed by atoms with van der Waals surface area (Å²) in [4.78, 5) is 27.5. The minimum atomic E-state index is -0.176. The molecule has 7 nitrogen and oxygen atoms in total. The van der Waals surface area contributed by atoms with Crippen molar-refractivity contribution in [3.8, 4) is 0 Å². The van der Waals surface area contributed by atoms with Crippen LogP contribution in [0.4, 0.5) is 0 Å². The van der Waals surface area contributed by atoms with Gasteiger partial charge in [0.2, 0.25) is 0 Å². The standard InChI is InChI=1S/C21H23N5O2/c1-2-26-18(10-11-23-26)20(27)22-13-17-15-24-12-6-9-19(24)21(28)25(17)14-16-7-4-3-5-8-16/h3-12,17H,2,13-15H2,1H3,(H,22,27).